The van der Waals surface area contributed by atoms with E-state index in [1.165, 1.54) is 6.26 Å². The van der Waals surface area contributed by atoms with Gasteiger partial charge in [0.05, 0.1) is 11.9 Å². The number of hydrogen-bond donors (Lipinski definition) is 2. The molecule has 2 aliphatic heterocycles. The fraction of sp³-hybridized carbons (Fsp3) is 0.714. The summed E-state index contributed by atoms with van der Waals surface area (Å²) in [5, 5.41) is 6.97. The van der Waals surface area contributed by atoms with Crippen molar-refractivity contribution in [3.8, 4) is 0 Å². The molecule has 2 fully saturated rings. The van der Waals surface area contributed by atoms with Crippen LogP contribution >= 0.6 is 0 Å². The first kappa shape index (κ1) is 23.0. The van der Waals surface area contributed by atoms with Gasteiger partial charge in [-0.15, -0.1) is 0 Å². The van der Waals surface area contributed by atoms with Gasteiger partial charge in [-0.1, -0.05) is 6.07 Å². The maximum atomic E-state index is 11.7. The molecule has 8 nitrogen and oxygen atoms in total. The molecule has 0 amide bonds. The molecule has 0 radical (unpaired) electrons. The van der Waals surface area contributed by atoms with Crippen molar-refractivity contribution in [2.75, 3.05) is 45.5 Å². The third-order valence-corrected chi connectivity index (χ3v) is 7.24. The molecule has 1 aromatic heterocycles. The molecule has 1 aromatic rings. The second-order valence-electron chi connectivity index (χ2n) is 8.34. The summed E-state index contributed by atoms with van der Waals surface area (Å²) in [6, 6.07) is 6.51. The Morgan fingerprint density at radius 2 is 1.90 bits per heavy atom. The number of hydrogen-bond acceptors (Lipinski definition) is 5. The number of pyridine rings is 1. The number of aliphatic imine (C=N–C) groups is 1. The molecular weight excluding hydrogens is 400 g/mol. The van der Waals surface area contributed by atoms with Crippen LogP contribution in [-0.4, -0.2) is 80.1 Å². The monoisotopic (exact) mass is 436 g/mol. The number of aromatic nitrogens is 1. The molecule has 0 atom stereocenters. The van der Waals surface area contributed by atoms with Crippen LogP contribution in [0.3, 0.4) is 0 Å². The zero-order chi connectivity index (χ0) is 21.4. The predicted molar refractivity (Wildman–Crippen MR) is 121 cm³/mol. The summed E-state index contributed by atoms with van der Waals surface area (Å²) in [6.07, 6.45) is 7.08. The summed E-state index contributed by atoms with van der Waals surface area (Å²) < 4.78 is 24.9. The smallest absolute Gasteiger partial charge is 0.211 e. The normalized spacial score (nSPS) is 20.9. The first-order valence-corrected chi connectivity index (χ1v) is 12.9. The summed E-state index contributed by atoms with van der Waals surface area (Å²) in [5.41, 5.74) is 1.13. The van der Waals surface area contributed by atoms with Gasteiger partial charge in [0.2, 0.25) is 10.0 Å². The molecule has 168 valence electrons. The largest absolute Gasteiger partial charge is 0.357 e. The van der Waals surface area contributed by atoms with Crippen LogP contribution in [0, 0.1) is 5.92 Å². The van der Waals surface area contributed by atoms with Gasteiger partial charge in [0.15, 0.2) is 5.96 Å². The van der Waals surface area contributed by atoms with Gasteiger partial charge in [-0.25, -0.2) is 12.7 Å². The van der Waals surface area contributed by atoms with E-state index >= 15 is 0 Å². The molecule has 2 saturated heterocycles. The van der Waals surface area contributed by atoms with Gasteiger partial charge in [-0.05, 0) is 50.7 Å². The summed E-state index contributed by atoms with van der Waals surface area (Å²) in [7, 11) is -3.07. The minimum Gasteiger partial charge on any atom is -0.357 e. The fourth-order valence-corrected chi connectivity index (χ4v) is 4.99. The Bertz CT molecular complexity index is 770. The molecule has 9 heteroatoms. The Morgan fingerprint density at radius 1 is 1.17 bits per heavy atom. The first-order chi connectivity index (χ1) is 14.4. The summed E-state index contributed by atoms with van der Waals surface area (Å²) in [4.78, 5) is 11.7. The van der Waals surface area contributed by atoms with Gasteiger partial charge >= 0.3 is 0 Å². The van der Waals surface area contributed by atoms with E-state index in [4.69, 9.17) is 4.99 Å². The van der Waals surface area contributed by atoms with Crippen molar-refractivity contribution >= 4 is 16.0 Å². The summed E-state index contributed by atoms with van der Waals surface area (Å²) >= 11 is 0. The van der Waals surface area contributed by atoms with Crippen molar-refractivity contribution < 1.29 is 8.42 Å². The average molecular weight is 437 g/mol. The van der Waals surface area contributed by atoms with E-state index in [2.05, 4.69) is 33.5 Å². The van der Waals surface area contributed by atoms with Crippen LogP contribution in [0.1, 0.15) is 38.3 Å². The van der Waals surface area contributed by atoms with E-state index in [-0.39, 0.29) is 0 Å². The highest BCUT2D eigenvalue weighted by Crippen LogP contribution is 2.19. The minimum atomic E-state index is -3.07. The third-order valence-electron chi connectivity index (χ3n) is 5.93. The average Bonchev–Trinajstić information content (AvgIpc) is 2.74. The Morgan fingerprint density at radius 3 is 2.50 bits per heavy atom. The van der Waals surface area contributed by atoms with Crippen LogP contribution < -0.4 is 10.6 Å². The number of nitrogens with zero attached hydrogens (tertiary/aromatic N) is 4. The number of rotatable bonds is 7. The molecule has 0 spiro atoms. The molecular formula is C21H36N6O2S. The molecule has 2 aliphatic rings. The lowest BCUT2D eigenvalue weighted by atomic mass is 9.98. The van der Waals surface area contributed by atoms with Crippen molar-refractivity contribution in [3.05, 3.63) is 30.1 Å². The Balaban J connectivity index is 1.43. The third kappa shape index (κ3) is 7.21. The maximum Gasteiger partial charge on any atom is 0.211 e. The Labute approximate surface area is 181 Å². The molecule has 0 aliphatic carbocycles. The van der Waals surface area contributed by atoms with Gasteiger partial charge in [0.1, 0.15) is 0 Å². The molecule has 2 N–H and O–H groups in total. The molecule has 0 bridgehead atoms. The number of nitrogens with one attached hydrogen (secondary N) is 2. The van der Waals surface area contributed by atoms with Crippen molar-refractivity contribution in [2.24, 2.45) is 10.9 Å². The van der Waals surface area contributed by atoms with Gasteiger partial charge in [-0.3, -0.25) is 14.9 Å². The number of guanidine groups is 1. The predicted octanol–water partition coefficient (Wildman–Crippen LogP) is 1.27. The zero-order valence-electron chi connectivity index (χ0n) is 18.3. The topological polar surface area (TPSA) is 89.9 Å². The van der Waals surface area contributed by atoms with Crippen LogP contribution in [0.4, 0.5) is 0 Å². The lowest BCUT2D eigenvalue weighted by molar-refractivity contribution is 0.196. The second-order valence-corrected chi connectivity index (χ2v) is 10.3. The molecule has 30 heavy (non-hydrogen) atoms. The second kappa shape index (κ2) is 11.1. The molecule has 3 heterocycles. The van der Waals surface area contributed by atoms with Crippen molar-refractivity contribution in [3.63, 3.8) is 0 Å². The quantitative estimate of drug-likeness (QED) is 0.494. The van der Waals surface area contributed by atoms with Crippen LogP contribution in [0.2, 0.25) is 0 Å². The Kier molecular flexibility index (Phi) is 8.47. The highest BCUT2D eigenvalue weighted by Gasteiger charge is 2.25. The maximum absolute atomic E-state index is 11.7. The number of sulfonamides is 1. The van der Waals surface area contributed by atoms with Crippen LogP contribution in [-0.2, 0) is 16.6 Å². The first-order valence-electron chi connectivity index (χ1n) is 11.1. The van der Waals surface area contributed by atoms with Crippen LogP contribution in [0.5, 0.6) is 0 Å². The van der Waals surface area contributed by atoms with E-state index in [0.29, 0.717) is 25.0 Å². The van der Waals surface area contributed by atoms with E-state index in [1.54, 1.807) is 4.31 Å². The highest BCUT2D eigenvalue weighted by atomic mass is 32.2. The van der Waals surface area contributed by atoms with Crippen LogP contribution in [0.15, 0.2) is 29.4 Å². The van der Waals surface area contributed by atoms with Crippen molar-refractivity contribution in [2.45, 2.75) is 45.2 Å². The van der Waals surface area contributed by atoms with E-state index in [0.717, 1.165) is 70.1 Å². The van der Waals surface area contributed by atoms with Crippen molar-refractivity contribution in [1.82, 2.24) is 24.8 Å². The number of likely N-dealkylation sites (tertiary alicyclic amines) is 1. The summed E-state index contributed by atoms with van der Waals surface area (Å²) in [5.74, 6) is 1.32. The molecule has 0 aromatic carbocycles. The zero-order valence-corrected chi connectivity index (χ0v) is 19.1. The van der Waals surface area contributed by atoms with E-state index < -0.39 is 10.0 Å². The molecule has 3 rings (SSSR count). The highest BCUT2D eigenvalue weighted by molar-refractivity contribution is 7.88. The van der Waals surface area contributed by atoms with Gasteiger partial charge in [-0.2, -0.15) is 0 Å². The van der Waals surface area contributed by atoms with Gasteiger partial charge in [0, 0.05) is 58.1 Å². The lowest BCUT2D eigenvalue weighted by Gasteiger charge is -2.33. The van der Waals surface area contributed by atoms with Crippen LogP contribution in [0.25, 0.3) is 0 Å². The SMILES string of the molecule is CCNC(=NCC1CCN(S(C)(=O)=O)CC1)NC1CCN(Cc2ccccn2)CC1. The Hall–Kier alpha value is -1.71. The van der Waals surface area contributed by atoms with E-state index in [1.807, 2.05) is 18.3 Å². The fourth-order valence-electron chi connectivity index (χ4n) is 4.11. The van der Waals surface area contributed by atoms with Gasteiger partial charge in [0.25, 0.3) is 0 Å². The van der Waals surface area contributed by atoms with E-state index in [9.17, 15) is 8.42 Å². The molecule has 0 saturated carbocycles. The minimum absolute atomic E-state index is 0.426. The number of piperidine rings is 2. The van der Waals surface area contributed by atoms with Crippen molar-refractivity contribution in [1.29, 1.82) is 0 Å². The lowest BCUT2D eigenvalue weighted by Crippen LogP contribution is -2.48. The summed E-state index contributed by atoms with van der Waals surface area (Å²) in [6.45, 7) is 7.89. The standard InChI is InChI=1S/C21H36N6O2S/c1-3-22-21(24-16-18-7-14-27(15-8-18)30(2,28)29)25-19-9-12-26(13-10-19)17-20-6-4-5-11-23-20/h4-6,11,18-19H,3,7-10,12-17H2,1-2H3,(H2,22,24,25). The van der Waals surface area contributed by atoms with Gasteiger partial charge < -0.3 is 10.6 Å². The molecule has 0 unspecified atom stereocenters.